The van der Waals surface area contributed by atoms with Crippen molar-refractivity contribution in [3.8, 4) is 0 Å². The number of likely N-dealkylation sites (N-methyl/N-ethyl adjacent to an activating group) is 1. The van der Waals surface area contributed by atoms with E-state index in [2.05, 4.69) is 51.3 Å². The fraction of sp³-hybridized carbons (Fsp3) is 0.667. The molecule has 2 rings (SSSR count). The largest absolute Gasteiger partial charge is 0.376 e. The van der Waals surface area contributed by atoms with Gasteiger partial charge >= 0.3 is 0 Å². The van der Waals surface area contributed by atoms with Gasteiger partial charge in [-0.1, -0.05) is 43.5 Å². The Labute approximate surface area is 123 Å². The molecule has 0 heterocycles. The smallest absolute Gasteiger partial charge is 0.0875 e. The van der Waals surface area contributed by atoms with Crippen LogP contribution in [-0.2, 0) is 4.74 Å². The molecule has 0 aromatic heterocycles. The van der Waals surface area contributed by atoms with E-state index in [-0.39, 0.29) is 11.6 Å². The first-order valence-corrected chi connectivity index (χ1v) is 7.82. The SMILES string of the molecule is CNC(c1cc(C)ccc1C)C1(OC)CCCC(C)C1. The normalized spacial score (nSPS) is 28.4. The van der Waals surface area contributed by atoms with Crippen LogP contribution in [0.3, 0.4) is 0 Å². The lowest BCUT2D eigenvalue weighted by atomic mass is 9.72. The highest BCUT2D eigenvalue weighted by molar-refractivity contribution is 5.35. The highest BCUT2D eigenvalue weighted by Gasteiger charge is 2.42. The number of nitrogens with one attached hydrogen (secondary N) is 1. The minimum absolute atomic E-state index is 0.0645. The van der Waals surface area contributed by atoms with Crippen LogP contribution in [0.1, 0.15) is 55.3 Å². The summed E-state index contributed by atoms with van der Waals surface area (Å²) in [7, 11) is 3.94. The lowest BCUT2D eigenvalue weighted by Crippen LogP contribution is -2.47. The Morgan fingerprint density at radius 2 is 2.10 bits per heavy atom. The molecule has 0 bridgehead atoms. The lowest BCUT2D eigenvalue weighted by Gasteiger charge is -2.45. The molecule has 0 radical (unpaired) electrons. The van der Waals surface area contributed by atoms with Crippen molar-refractivity contribution in [1.29, 1.82) is 0 Å². The third kappa shape index (κ3) is 2.91. The van der Waals surface area contributed by atoms with Gasteiger partial charge in [-0.3, -0.25) is 0 Å². The number of benzene rings is 1. The van der Waals surface area contributed by atoms with Gasteiger partial charge < -0.3 is 10.1 Å². The first-order valence-electron chi connectivity index (χ1n) is 7.82. The Kier molecular flexibility index (Phi) is 4.87. The monoisotopic (exact) mass is 275 g/mol. The summed E-state index contributed by atoms with van der Waals surface area (Å²) in [6.07, 6.45) is 4.88. The second-order valence-electron chi connectivity index (χ2n) is 6.55. The van der Waals surface area contributed by atoms with Crippen LogP contribution >= 0.6 is 0 Å². The molecule has 20 heavy (non-hydrogen) atoms. The molecule has 0 amide bonds. The maximum atomic E-state index is 6.09. The molecule has 0 saturated heterocycles. The molecule has 0 aliphatic heterocycles. The number of aryl methyl sites for hydroxylation is 2. The van der Waals surface area contributed by atoms with Gasteiger partial charge in [0, 0.05) is 7.11 Å². The summed E-state index contributed by atoms with van der Waals surface area (Å²) >= 11 is 0. The molecule has 2 heteroatoms. The maximum Gasteiger partial charge on any atom is 0.0875 e. The maximum absolute atomic E-state index is 6.09. The van der Waals surface area contributed by atoms with Gasteiger partial charge in [0.05, 0.1) is 11.6 Å². The van der Waals surface area contributed by atoms with Crippen LogP contribution in [0.15, 0.2) is 18.2 Å². The van der Waals surface area contributed by atoms with Crippen LogP contribution in [0.2, 0.25) is 0 Å². The minimum atomic E-state index is -0.0645. The molecule has 1 aliphatic rings. The molecule has 3 atom stereocenters. The summed E-state index contributed by atoms with van der Waals surface area (Å²) in [6.45, 7) is 6.72. The van der Waals surface area contributed by atoms with Crippen molar-refractivity contribution < 1.29 is 4.74 Å². The summed E-state index contributed by atoms with van der Waals surface area (Å²) in [4.78, 5) is 0. The number of hydrogen-bond acceptors (Lipinski definition) is 2. The molecule has 2 nitrogen and oxygen atoms in total. The average molecular weight is 275 g/mol. The Morgan fingerprint density at radius 1 is 1.35 bits per heavy atom. The number of ether oxygens (including phenoxy) is 1. The highest BCUT2D eigenvalue weighted by atomic mass is 16.5. The molecule has 1 aliphatic carbocycles. The quantitative estimate of drug-likeness (QED) is 0.891. The number of methoxy groups -OCH3 is 1. The van der Waals surface area contributed by atoms with Crippen LogP contribution in [0, 0.1) is 19.8 Å². The van der Waals surface area contributed by atoms with E-state index in [9.17, 15) is 0 Å². The summed E-state index contributed by atoms with van der Waals surface area (Å²) in [5.41, 5.74) is 4.00. The number of hydrogen-bond donors (Lipinski definition) is 1. The van der Waals surface area contributed by atoms with Crippen molar-refractivity contribution in [3.63, 3.8) is 0 Å². The van der Waals surface area contributed by atoms with E-state index < -0.39 is 0 Å². The molecule has 0 spiro atoms. The first-order chi connectivity index (χ1) is 9.52. The standard InChI is InChI=1S/C18H29NO/c1-13-8-9-15(3)16(11-13)17(19-4)18(20-5)10-6-7-14(2)12-18/h8-9,11,14,17,19H,6-7,10,12H2,1-5H3. The van der Waals surface area contributed by atoms with E-state index in [1.165, 1.54) is 29.5 Å². The van der Waals surface area contributed by atoms with Crippen LogP contribution in [0.4, 0.5) is 0 Å². The topological polar surface area (TPSA) is 21.3 Å². The summed E-state index contributed by atoms with van der Waals surface area (Å²) in [5.74, 6) is 0.740. The van der Waals surface area contributed by atoms with Crippen LogP contribution in [0.5, 0.6) is 0 Å². The minimum Gasteiger partial charge on any atom is -0.376 e. The van der Waals surface area contributed by atoms with E-state index in [4.69, 9.17) is 4.74 Å². The predicted molar refractivity (Wildman–Crippen MR) is 85.1 cm³/mol. The zero-order valence-electron chi connectivity index (χ0n) is 13.6. The summed E-state index contributed by atoms with van der Waals surface area (Å²) in [6, 6.07) is 7.01. The summed E-state index contributed by atoms with van der Waals surface area (Å²) in [5, 5.41) is 3.54. The molecule has 1 N–H and O–H groups in total. The van der Waals surface area contributed by atoms with Gasteiger partial charge in [-0.05, 0) is 50.8 Å². The first kappa shape index (κ1) is 15.5. The Balaban J connectivity index is 2.41. The van der Waals surface area contributed by atoms with Crippen LogP contribution in [0.25, 0.3) is 0 Å². The van der Waals surface area contributed by atoms with Crippen molar-refractivity contribution in [3.05, 3.63) is 34.9 Å². The van der Waals surface area contributed by atoms with E-state index in [0.717, 1.165) is 18.8 Å². The third-order valence-electron chi connectivity index (χ3n) is 4.96. The van der Waals surface area contributed by atoms with E-state index in [1.54, 1.807) is 0 Å². The van der Waals surface area contributed by atoms with Crippen molar-refractivity contribution in [2.24, 2.45) is 5.92 Å². The molecule has 3 unspecified atom stereocenters. The fourth-order valence-corrected chi connectivity index (χ4v) is 3.88. The predicted octanol–water partition coefficient (Wildman–Crippen LogP) is 4.16. The van der Waals surface area contributed by atoms with Crippen molar-refractivity contribution >= 4 is 0 Å². The van der Waals surface area contributed by atoms with Crippen LogP contribution in [-0.4, -0.2) is 19.8 Å². The third-order valence-corrected chi connectivity index (χ3v) is 4.96. The molecule has 1 aromatic carbocycles. The average Bonchev–Trinajstić information content (AvgIpc) is 2.43. The highest BCUT2D eigenvalue weighted by Crippen LogP contribution is 2.43. The van der Waals surface area contributed by atoms with E-state index in [0.29, 0.717) is 0 Å². The lowest BCUT2D eigenvalue weighted by molar-refractivity contribution is -0.0791. The zero-order valence-corrected chi connectivity index (χ0v) is 13.6. The van der Waals surface area contributed by atoms with Crippen molar-refractivity contribution in [2.45, 2.75) is 58.1 Å². The molecular weight excluding hydrogens is 246 g/mol. The molecule has 1 fully saturated rings. The van der Waals surface area contributed by atoms with E-state index >= 15 is 0 Å². The van der Waals surface area contributed by atoms with Crippen molar-refractivity contribution in [1.82, 2.24) is 5.32 Å². The summed E-state index contributed by atoms with van der Waals surface area (Å²) < 4.78 is 6.09. The second kappa shape index (κ2) is 6.28. The zero-order chi connectivity index (χ0) is 14.8. The van der Waals surface area contributed by atoms with Gasteiger partial charge in [0.2, 0.25) is 0 Å². The Hall–Kier alpha value is -0.860. The molecule has 112 valence electrons. The van der Waals surface area contributed by atoms with Gasteiger partial charge in [-0.15, -0.1) is 0 Å². The number of rotatable bonds is 4. The van der Waals surface area contributed by atoms with Gasteiger partial charge in [-0.25, -0.2) is 0 Å². The second-order valence-corrected chi connectivity index (χ2v) is 6.55. The Morgan fingerprint density at radius 3 is 2.70 bits per heavy atom. The van der Waals surface area contributed by atoms with Gasteiger partial charge in [0.25, 0.3) is 0 Å². The van der Waals surface area contributed by atoms with Gasteiger partial charge in [0.15, 0.2) is 0 Å². The molecule has 1 aromatic rings. The molecular formula is C18H29NO. The molecule has 1 saturated carbocycles. The van der Waals surface area contributed by atoms with Gasteiger partial charge in [0.1, 0.15) is 0 Å². The van der Waals surface area contributed by atoms with E-state index in [1.807, 2.05) is 7.11 Å². The van der Waals surface area contributed by atoms with Crippen LogP contribution < -0.4 is 5.32 Å². The Bertz CT molecular complexity index is 457. The fourth-order valence-electron chi connectivity index (χ4n) is 3.88. The van der Waals surface area contributed by atoms with Crippen molar-refractivity contribution in [2.75, 3.05) is 14.2 Å². The van der Waals surface area contributed by atoms with Gasteiger partial charge in [-0.2, -0.15) is 0 Å².